The van der Waals surface area contributed by atoms with Crippen LogP contribution in [0.3, 0.4) is 0 Å². The Hall–Kier alpha value is -2.58. The monoisotopic (exact) mass is 441 g/mol. The Morgan fingerprint density at radius 3 is 2.90 bits per heavy atom. The zero-order valence-corrected chi connectivity index (χ0v) is 18.3. The number of rotatable bonds is 6. The minimum atomic E-state index is -0.351. The number of thiazole rings is 1. The van der Waals surface area contributed by atoms with Crippen LogP contribution >= 0.6 is 23.1 Å². The van der Waals surface area contributed by atoms with Crippen LogP contribution in [0.4, 0.5) is 4.79 Å². The van der Waals surface area contributed by atoms with Gasteiger partial charge in [-0.05, 0) is 13.3 Å². The summed E-state index contributed by atoms with van der Waals surface area (Å²) in [5, 5.41) is 0.0704. The highest BCUT2D eigenvalue weighted by Gasteiger charge is 2.38. The molecule has 1 fully saturated rings. The number of thioether (sulfide) groups is 1. The Balaban J connectivity index is 1.49. The topological polar surface area (TPSA) is 63.9 Å². The molecule has 2 aromatic heterocycles. The van der Waals surface area contributed by atoms with Crippen LogP contribution in [-0.4, -0.2) is 49.9 Å². The second kappa shape index (κ2) is 9.06. The average Bonchev–Trinajstić information content (AvgIpc) is 3.43. The number of aromatic nitrogens is 2. The van der Waals surface area contributed by atoms with Crippen molar-refractivity contribution in [2.24, 2.45) is 0 Å². The molecule has 3 aromatic rings. The summed E-state index contributed by atoms with van der Waals surface area (Å²) >= 11 is 2.99. The van der Waals surface area contributed by atoms with Gasteiger partial charge in [-0.3, -0.25) is 9.20 Å². The first-order valence-corrected chi connectivity index (χ1v) is 11.5. The molecule has 1 aromatic carbocycles. The van der Waals surface area contributed by atoms with Crippen molar-refractivity contribution >= 4 is 39.1 Å². The Morgan fingerprint density at radius 2 is 2.17 bits per heavy atom. The first kappa shape index (κ1) is 20.7. The lowest BCUT2D eigenvalue weighted by Crippen LogP contribution is -2.37. The van der Waals surface area contributed by atoms with E-state index in [-0.39, 0.29) is 29.1 Å². The standard InChI is InChI=1S/C22H23N3O3S2/c1-3-9-28-22(27)25-14-19(30-21(26)16-7-5-4-6-8-16)11-17(25)10-18-13-24-15(2)23-12-20(24)29-18/h3-8,12-13,17,19H,1,9-11,14H2,2H3/t17-,19+/m1/s1. The molecule has 1 saturated heterocycles. The van der Waals surface area contributed by atoms with Gasteiger partial charge in [-0.1, -0.05) is 54.7 Å². The van der Waals surface area contributed by atoms with Gasteiger partial charge in [0.2, 0.25) is 5.12 Å². The Kier molecular flexibility index (Phi) is 6.24. The molecule has 0 saturated carbocycles. The molecular weight excluding hydrogens is 418 g/mol. The van der Waals surface area contributed by atoms with E-state index in [1.165, 1.54) is 16.6 Å². The third-order valence-electron chi connectivity index (χ3n) is 5.11. The Morgan fingerprint density at radius 1 is 1.37 bits per heavy atom. The number of hydrogen-bond donors (Lipinski definition) is 0. The van der Waals surface area contributed by atoms with Gasteiger partial charge < -0.3 is 9.64 Å². The quantitative estimate of drug-likeness (QED) is 0.524. The lowest BCUT2D eigenvalue weighted by molar-refractivity contribution is 0.107. The highest BCUT2D eigenvalue weighted by Crippen LogP contribution is 2.33. The predicted octanol–water partition coefficient (Wildman–Crippen LogP) is 4.59. The molecule has 0 aliphatic carbocycles. The molecule has 0 bridgehead atoms. The van der Waals surface area contributed by atoms with Gasteiger partial charge in [-0.15, -0.1) is 11.3 Å². The van der Waals surface area contributed by atoms with Crippen molar-refractivity contribution in [1.82, 2.24) is 14.3 Å². The molecule has 8 heteroatoms. The van der Waals surface area contributed by atoms with E-state index in [4.69, 9.17) is 4.74 Å². The van der Waals surface area contributed by atoms with E-state index in [0.29, 0.717) is 12.1 Å². The summed E-state index contributed by atoms with van der Waals surface area (Å²) in [5.74, 6) is 0.947. The van der Waals surface area contributed by atoms with Crippen LogP contribution in [0.5, 0.6) is 0 Å². The van der Waals surface area contributed by atoms with Gasteiger partial charge in [-0.2, -0.15) is 0 Å². The summed E-state index contributed by atoms with van der Waals surface area (Å²) in [6.07, 6.45) is 6.64. The van der Waals surface area contributed by atoms with Gasteiger partial charge in [0.15, 0.2) is 0 Å². The molecule has 30 heavy (non-hydrogen) atoms. The molecule has 1 aliphatic rings. The van der Waals surface area contributed by atoms with Crippen LogP contribution in [-0.2, 0) is 11.2 Å². The third kappa shape index (κ3) is 4.44. The molecule has 0 radical (unpaired) electrons. The first-order chi connectivity index (χ1) is 14.5. The van der Waals surface area contributed by atoms with Gasteiger partial charge >= 0.3 is 6.09 Å². The van der Waals surface area contributed by atoms with Crippen molar-refractivity contribution in [3.63, 3.8) is 0 Å². The highest BCUT2D eigenvalue weighted by molar-refractivity contribution is 8.14. The minimum absolute atomic E-state index is 0.0139. The number of carbonyl (C=O) groups is 2. The predicted molar refractivity (Wildman–Crippen MR) is 120 cm³/mol. The summed E-state index contributed by atoms with van der Waals surface area (Å²) in [5.41, 5.74) is 0.683. The summed E-state index contributed by atoms with van der Waals surface area (Å²) in [7, 11) is 0. The Labute approximate surface area is 183 Å². The molecule has 0 N–H and O–H groups in total. The number of benzene rings is 1. The molecule has 2 atom stereocenters. The summed E-state index contributed by atoms with van der Waals surface area (Å²) in [4.78, 5) is 33.6. The van der Waals surface area contributed by atoms with Gasteiger partial charge in [0.1, 0.15) is 17.3 Å². The van der Waals surface area contributed by atoms with Crippen molar-refractivity contribution in [2.75, 3.05) is 13.2 Å². The molecule has 1 aliphatic heterocycles. The van der Waals surface area contributed by atoms with E-state index in [1.807, 2.05) is 43.5 Å². The average molecular weight is 442 g/mol. The number of imidazole rings is 1. The molecule has 0 unspecified atom stereocenters. The summed E-state index contributed by atoms with van der Waals surface area (Å²) in [6, 6.07) is 9.25. The lowest BCUT2D eigenvalue weighted by Gasteiger charge is -2.23. The van der Waals surface area contributed by atoms with Crippen molar-refractivity contribution < 1.29 is 14.3 Å². The van der Waals surface area contributed by atoms with E-state index in [9.17, 15) is 9.59 Å². The molecule has 156 valence electrons. The molecule has 6 nitrogen and oxygen atoms in total. The first-order valence-electron chi connectivity index (χ1n) is 9.78. The van der Waals surface area contributed by atoms with Crippen LogP contribution < -0.4 is 0 Å². The zero-order valence-electron chi connectivity index (χ0n) is 16.7. The molecule has 1 amide bonds. The minimum Gasteiger partial charge on any atom is -0.445 e. The molecule has 3 heterocycles. The van der Waals surface area contributed by atoms with Crippen LogP contribution in [0.1, 0.15) is 27.5 Å². The van der Waals surface area contributed by atoms with Gasteiger partial charge in [0.05, 0.1) is 6.20 Å². The van der Waals surface area contributed by atoms with E-state index in [2.05, 4.69) is 22.2 Å². The fourth-order valence-electron chi connectivity index (χ4n) is 3.68. The number of hydrogen-bond acceptors (Lipinski definition) is 6. The SMILES string of the molecule is C=CCOC(=O)N1C[C@@H](SC(=O)c2ccccc2)C[C@H]1Cc1cn2c(C)ncc2s1. The second-order valence-corrected chi connectivity index (χ2v) is 9.64. The van der Waals surface area contributed by atoms with E-state index in [1.54, 1.807) is 22.3 Å². The highest BCUT2D eigenvalue weighted by atomic mass is 32.2. The fourth-order valence-corrected chi connectivity index (χ4v) is 5.90. The van der Waals surface area contributed by atoms with E-state index in [0.717, 1.165) is 23.5 Å². The van der Waals surface area contributed by atoms with Crippen molar-refractivity contribution in [3.05, 3.63) is 71.6 Å². The zero-order chi connectivity index (χ0) is 21.1. The largest absolute Gasteiger partial charge is 0.445 e. The van der Waals surface area contributed by atoms with E-state index >= 15 is 0 Å². The van der Waals surface area contributed by atoms with Crippen LogP contribution in [0.15, 0.2) is 55.4 Å². The van der Waals surface area contributed by atoms with Crippen molar-refractivity contribution in [1.29, 1.82) is 0 Å². The lowest BCUT2D eigenvalue weighted by atomic mass is 10.1. The van der Waals surface area contributed by atoms with Crippen molar-refractivity contribution in [2.45, 2.75) is 31.1 Å². The van der Waals surface area contributed by atoms with E-state index < -0.39 is 0 Å². The molecule has 0 spiro atoms. The van der Waals surface area contributed by atoms with Crippen LogP contribution in [0, 0.1) is 6.92 Å². The number of fused-ring (bicyclic) bond motifs is 1. The summed E-state index contributed by atoms with van der Waals surface area (Å²) in [6.45, 7) is 6.25. The number of ether oxygens (including phenoxy) is 1. The van der Waals surface area contributed by atoms with Crippen LogP contribution in [0.2, 0.25) is 0 Å². The number of likely N-dealkylation sites (tertiary alicyclic amines) is 1. The van der Waals surface area contributed by atoms with Gasteiger partial charge in [-0.25, -0.2) is 9.78 Å². The third-order valence-corrected chi connectivity index (χ3v) is 7.28. The number of carbonyl (C=O) groups excluding carboxylic acids is 2. The smallest absolute Gasteiger partial charge is 0.410 e. The van der Waals surface area contributed by atoms with Crippen molar-refractivity contribution in [3.8, 4) is 0 Å². The maximum atomic E-state index is 12.6. The molecule has 4 rings (SSSR count). The maximum absolute atomic E-state index is 12.6. The number of amides is 1. The normalized spacial score (nSPS) is 18.6. The van der Waals surface area contributed by atoms with Gasteiger partial charge in [0, 0.05) is 40.9 Å². The maximum Gasteiger partial charge on any atom is 0.410 e. The van der Waals surface area contributed by atoms with Crippen LogP contribution in [0.25, 0.3) is 4.83 Å². The number of nitrogens with zero attached hydrogens (tertiary/aromatic N) is 3. The second-order valence-electron chi connectivity index (χ2n) is 7.22. The Bertz CT molecular complexity index is 1060. The summed E-state index contributed by atoms with van der Waals surface area (Å²) < 4.78 is 7.38. The van der Waals surface area contributed by atoms with Gasteiger partial charge in [0.25, 0.3) is 0 Å². The number of aryl methyl sites for hydroxylation is 1. The fraction of sp³-hybridized carbons (Fsp3) is 0.318. The molecular formula is C22H23N3O3S2.